The van der Waals surface area contributed by atoms with Gasteiger partial charge in [0.1, 0.15) is 0 Å². The van der Waals surface area contributed by atoms with E-state index in [2.05, 4.69) is 12.2 Å². The number of benzene rings is 2. The highest BCUT2D eigenvalue weighted by Gasteiger charge is 2.42. The molecule has 9 heteroatoms. The summed E-state index contributed by atoms with van der Waals surface area (Å²) in [6, 6.07) is 12.4. The van der Waals surface area contributed by atoms with E-state index in [-0.39, 0.29) is 41.6 Å². The van der Waals surface area contributed by atoms with Crippen molar-refractivity contribution in [3.8, 4) is 0 Å². The number of piperidine rings is 2. The van der Waals surface area contributed by atoms with Gasteiger partial charge >= 0.3 is 0 Å². The molecule has 35 heavy (non-hydrogen) atoms. The van der Waals surface area contributed by atoms with E-state index in [1.807, 2.05) is 24.1 Å². The van der Waals surface area contributed by atoms with Crippen LogP contribution in [-0.4, -0.2) is 60.9 Å². The lowest BCUT2D eigenvalue weighted by Gasteiger charge is -2.46. The largest absolute Gasteiger partial charge is 0.341 e. The highest BCUT2D eigenvalue weighted by Crippen LogP contribution is 2.37. The number of rotatable bonds is 4. The van der Waals surface area contributed by atoms with Crippen LogP contribution >= 0.6 is 47.2 Å². The van der Waals surface area contributed by atoms with E-state index in [1.165, 1.54) is 0 Å². The van der Waals surface area contributed by atoms with Crippen molar-refractivity contribution in [2.45, 2.75) is 38.1 Å². The molecule has 0 saturated carbocycles. The summed E-state index contributed by atoms with van der Waals surface area (Å²) in [5, 5.41) is 4.89. The predicted molar refractivity (Wildman–Crippen MR) is 145 cm³/mol. The molecule has 1 N–H and O–H groups in total. The first-order valence-electron chi connectivity index (χ1n) is 11.7. The Labute approximate surface area is 228 Å². The van der Waals surface area contributed by atoms with Crippen molar-refractivity contribution in [3.63, 3.8) is 0 Å². The molecular weight excluding hydrogens is 528 g/mol. The minimum Gasteiger partial charge on any atom is -0.341 e. The van der Waals surface area contributed by atoms with Crippen molar-refractivity contribution < 1.29 is 9.59 Å². The van der Waals surface area contributed by atoms with Gasteiger partial charge in [0.2, 0.25) is 5.91 Å². The minimum absolute atomic E-state index is 0. The highest BCUT2D eigenvalue weighted by atomic mass is 35.5. The third-order valence-corrected chi connectivity index (χ3v) is 8.36. The van der Waals surface area contributed by atoms with Crippen LogP contribution < -0.4 is 5.32 Å². The standard InChI is InChI=1S/C26H30Cl3N3O2.ClH/c1-26(10-12-30-13-11-26)25(34)32-14-9-23(20(16-32)18-5-8-21(28)22(29)15-18)31(2)24(33)17-3-6-19(27)7-4-17;/h3-8,15,20,23,30H,9-14,16H2,1-2H3;1H/t20-,23+;/m0./s1. The molecule has 2 saturated heterocycles. The van der Waals surface area contributed by atoms with Crippen LogP contribution in [0.2, 0.25) is 15.1 Å². The molecule has 0 unspecified atom stereocenters. The summed E-state index contributed by atoms with van der Waals surface area (Å²) in [5.41, 5.74) is 1.20. The number of nitrogens with zero attached hydrogens (tertiary/aromatic N) is 2. The number of likely N-dealkylation sites (N-methyl/N-ethyl adjacent to an activating group) is 1. The number of carbonyl (C=O) groups is 2. The molecule has 2 aromatic rings. The van der Waals surface area contributed by atoms with E-state index in [0.29, 0.717) is 40.1 Å². The second kappa shape index (κ2) is 11.7. The van der Waals surface area contributed by atoms with E-state index in [1.54, 1.807) is 35.2 Å². The van der Waals surface area contributed by atoms with Crippen molar-refractivity contribution in [1.82, 2.24) is 15.1 Å². The average Bonchev–Trinajstić information content (AvgIpc) is 2.85. The zero-order valence-corrected chi connectivity index (χ0v) is 23.0. The molecule has 4 rings (SSSR count). The van der Waals surface area contributed by atoms with Crippen LogP contribution in [0.5, 0.6) is 0 Å². The molecule has 0 radical (unpaired) electrons. The molecule has 2 heterocycles. The molecule has 5 nitrogen and oxygen atoms in total. The molecule has 2 aliphatic rings. The van der Waals surface area contributed by atoms with Crippen molar-refractivity contribution in [3.05, 3.63) is 68.7 Å². The number of hydrogen-bond donors (Lipinski definition) is 1. The molecule has 2 fully saturated rings. The van der Waals surface area contributed by atoms with Crippen LogP contribution in [0, 0.1) is 5.41 Å². The van der Waals surface area contributed by atoms with Crippen molar-refractivity contribution in [2.24, 2.45) is 5.41 Å². The summed E-state index contributed by atoms with van der Waals surface area (Å²) in [6.07, 6.45) is 2.34. The fourth-order valence-electron chi connectivity index (χ4n) is 5.18. The Bertz CT molecular complexity index is 1060. The van der Waals surface area contributed by atoms with Gasteiger partial charge in [-0.2, -0.15) is 0 Å². The van der Waals surface area contributed by atoms with Gasteiger partial charge in [0.25, 0.3) is 5.91 Å². The van der Waals surface area contributed by atoms with Crippen LogP contribution in [-0.2, 0) is 4.79 Å². The molecule has 2 amide bonds. The Morgan fingerprint density at radius 1 is 1.03 bits per heavy atom. The van der Waals surface area contributed by atoms with E-state index in [0.717, 1.165) is 31.5 Å². The Hall–Kier alpha value is -1.50. The number of hydrogen-bond acceptors (Lipinski definition) is 3. The average molecular weight is 559 g/mol. The number of likely N-dealkylation sites (tertiary alicyclic amines) is 1. The van der Waals surface area contributed by atoms with Gasteiger partial charge in [-0.1, -0.05) is 47.8 Å². The first-order valence-corrected chi connectivity index (χ1v) is 12.8. The third kappa shape index (κ3) is 6.08. The molecule has 0 spiro atoms. The van der Waals surface area contributed by atoms with Gasteiger partial charge in [0.15, 0.2) is 0 Å². The number of nitrogens with one attached hydrogen (secondary N) is 1. The van der Waals surface area contributed by atoms with Gasteiger partial charge in [-0.3, -0.25) is 9.59 Å². The number of amides is 2. The van der Waals surface area contributed by atoms with E-state index in [4.69, 9.17) is 34.8 Å². The first kappa shape index (κ1) is 28.1. The second-order valence-electron chi connectivity index (χ2n) is 9.62. The SMILES string of the molecule is CN(C(=O)c1ccc(Cl)cc1)[C@@H]1CCN(C(=O)C2(C)CCNCC2)C[C@H]1c1ccc(Cl)c(Cl)c1.Cl. The molecule has 0 bridgehead atoms. The van der Waals surface area contributed by atoms with Crippen LogP contribution in [0.3, 0.4) is 0 Å². The van der Waals surface area contributed by atoms with Gasteiger partial charge in [-0.05, 0) is 74.3 Å². The van der Waals surface area contributed by atoms with Gasteiger partial charge < -0.3 is 15.1 Å². The van der Waals surface area contributed by atoms with E-state index >= 15 is 0 Å². The maximum atomic E-state index is 13.6. The van der Waals surface area contributed by atoms with Crippen molar-refractivity contribution in [2.75, 3.05) is 33.2 Å². The maximum absolute atomic E-state index is 13.6. The molecule has 2 aliphatic heterocycles. The monoisotopic (exact) mass is 557 g/mol. The third-order valence-electron chi connectivity index (χ3n) is 7.37. The normalized spacial score (nSPS) is 21.7. The maximum Gasteiger partial charge on any atom is 0.253 e. The predicted octanol–water partition coefficient (Wildman–Crippen LogP) is 5.92. The Balaban J connectivity index is 0.00000342. The second-order valence-corrected chi connectivity index (χ2v) is 10.9. The van der Waals surface area contributed by atoms with Crippen LogP contribution in [0.15, 0.2) is 42.5 Å². The smallest absolute Gasteiger partial charge is 0.253 e. The highest BCUT2D eigenvalue weighted by molar-refractivity contribution is 6.42. The lowest BCUT2D eigenvalue weighted by Crippen LogP contribution is -2.55. The van der Waals surface area contributed by atoms with Crippen LogP contribution in [0.1, 0.15) is 48.0 Å². The lowest BCUT2D eigenvalue weighted by atomic mass is 9.78. The van der Waals surface area contributed by atoms with Gasteiger partial charge in [0, 0.05) is 48.1 Å². The summed E-state index contributed by atoms with van der Waals surface area (Å²) in [6.45, 7) is 4.93. The molecule has 2 aromatic carbocycles. The van der Waals surface area contributed by atoms with Gasteiger partial charge in [-0.15, -0.1) is 12.4 Å². The summed E-state index contributed by atoms with van der Waals surface area (Å²) in [4.78, 5) is 30.7. The Kier molecular flexibility index (Phi) is 9.39. The van der Waals surface area contributed by atoms with Crippen molar-refractivity contribution >= 4 is 59.0 Å². The lowest BCUT2D eigenvalue weighted by molar-refractivity contribution is -0.144. The summed E-state index contributed by atoms with van der Waals surface area (Å²) in [7, 11) is 1.83. The van der Waals surface area contributed by atoms with E-state index < -0.39 is 0 Å². The number of carbonyl (C=O) groups excluding carboxylic acids is 2. The van der Waals surface area contributed by atoms with Gasteiger partial charge in [-0.25, -0.2) is 0 Å². The number of halogens is 4. The fourth-order valence-corrected chi connectivity index (χ4v) is 5.61. The van der Waals surface area contributed by atoms with Crippen molar-refractivity contribution in [1.29, 1.82) is 0 Å². The molecular formula is C26H31Cl4N3O2. The molecule has 0 aromatic heterocycles. The zero-order chi connectivity index (χ0) is 24.5. The summed E-state index contributed by atoms with van der Waals surface area (Å²) in [5.74, 6) is 0.0417. The van der Waals surface area contributed by atoms with Crippen LogP contribution in [0.25, 0.3) is 0 Å². The molecule has 190 valence electrons. The fraction of sp³-hybridized carbons (Fsp3) is 0.462. The molecule has 2 atom stereocenters. The minimum atomic E-state index is -0.356. The Morgan fingerprint density at radius 2 is 1.69 bits per heavy atom. The van der Waals surface area contributed by atoms with Gasteiger partial charge in [0.05, 0.1) is 10.0 Å². The van der Waals surface area contributed by atoms with Crippen LogP contribution in [0.4, 0.5) is 0 Å². The Morgan fingerprint density at radius 3 is 2.31 bits per heavy atom. The quantitative estimate of drug-likeness (QED) is 0.507. The summed E-state index contributed by atoms with van der Waals surface area (Å²) < 4.78 is 0. The first-order chi connectivity index (χ1) is 16.2. The summed E-state index contributed by atoms with van der Waals surface area (Å²) >= 11 is 18.6. The molecule has 0 aliphatic carbocycles. The van der Waals surface area contributed by atoms with E-state index in [9.17, 15) is 9.59 Å². The topological polar surface area (TPSA) is 52.7 Å². The zero-order valence-electron chi connectivity index (χ0n) is 19.9.